The highest BCUT2D eigenvalue weighted by atomic mass is 16.5. The number of aromatic nitrogens is 5. The number of nitrogens with zero attached hydrogens (tertiary/aromatic N) is 4. The SMILES string of the molecule is Cc1[nH]ncc1-c1ccc2c(C(=O)NC3CCC(Oc4ncccc4CN)CC3)nc(C)n2c1. The molecule has 0 bridgehead atoms. The van der Waals surface area contributed by atoms with E-state index >= 15 is 0 Å². The summed E-state index contributed by atoms with van der Waals surface area (Å²) in [5.74, 6) is 1.24. The molecule has 1 saturated carbocycles. The van der Waals surface area contributed by atoms with Crippen LogP contribution >= 0.6 is 0 Å². The second-order valence-electron chi connectivity index (χ2n) is 8.83. The molecule has 0 unspecified atom stereocenters. The molecule has 176 valence electrons. The summed E-state index contributed by atoms with van der Waals surface area (Å²) < 4.78 is 8.06. The second-order valence-corrected chi connectivity index (χ2v) is 8.83. The van der Waals surface area contributed by atoms with Crippen LogP contribution in [0.15, 0.2) is 42.9 Å². The van der Waals surface area contributed by atoms with Crippen molar-refractivity contribution in [2.45, 2.75) is 58.2 Å². The van der Waals surface area contributed by atoms with E-state index in [1.54, 1.807) is 12.4 Å². The molecule has 9 nitrogen and oxygen atoms in total. The average molecular weight is 460 g/mol. The lowest BCUT2D eigenvalue weighted by Gasteiger charge is -2.29. The molecule has 1 aliphatic rings. The van der Waals surface area contributed by atoms with E-state index in [1.165, 1.54) is 0 Å². The minimum atomic E-state index is -0.141. The number of amides is 1. The third kappa shape index (κ3) is 4.26. The van der Waals surface area contributed by atoms with Crippen LogP contribution < -0.4 is 15.8 Å². The van der Waals surface area contributed by atoms with Crippen LogP contribution in [0, 0.1) is 13.8 Å². The van der Waals surface area contributed by atoms with E-state index in [0.717, 1.165) is 59.4 Å². The smallest absolute Gasteiger partial charge is 0.272 e. The number of ether oxygens (including phenoxy) is 1. The fraction of sp³-hybridized carbons (Fsp3) is 0.360. The van der Waals surface area contributed by atoms with Gasteiger partial charge >= 0.3 is 0 Å². The molecule has 5 rings (SSSR count). The van der Waals surface area contributed by atoms with Gasteiger partial charge in [0.2, 0.25) is 5.88 Å². The van der Waals surface area contributed by atoms with Crippen LogP contribution in [0.5, 0.6) is 5.88 Å². The van der Waals surface area contributed by atoms with Gasteiger partial charge in [-0.05, 0) is 51.7 Å². The van der Waals surface area contributed by atoms with Gasteiger partial charge in [0.25, 0.3) is 5.91 Å². The van der Waals surface area contributed by atoms with E-state index in [4.69, 9.17) is 10.5 Å². The molecule has 0 aromatic carbocycles. The fourth-order valence-corrected chi connectivity index (χ4v) is 4.62. The molecule has 4 heterocycles. The van der Waals surface area contributed by atoms with Crippen LogP contribution in [-0.2, 0) is 6.54 Å². The fourth-order valence-electron chi connectivity index (χ4n) is 4.62. The van der Waals surface area contributed by atoms with Crippen LogP contribution in [-0.4, -0.2) is 42.6 Å². The number of aryl methyl sites for hydroxylation is 2. The maximum Gasteiger partial charge on any atom is 0.272 e. The maximum absolute atomic E-state index is 13.1. The van der Waals surface area contributed by atoms with E-state index in [1.807, 2.05) is 48.7 Å². The van der Waals surface area contributed by atoms with Crippen molar-refractivity contribution in [2.24, 2.45) is 5.73 Å². The molecule has 1 amide bonds. The van der Waals surface area contributed by atoms with Crippen molar-refractivity contribution >= 4 is 11.4 Å². The number of hydrogen-bond acceptors (Lipinski definition) is 6. The van der Waals surface area contributed by atoms with Crippen LogP contribution in [0.3, 0.4) is 0 Å². The topological polar surface area (TPSA) is 123 Å². The minimum Gasteiger partial charge on any atom is -0.474 e. The van der Waals surface area contributed by atoms with Gasteiger partial charge in [-0.3, -0.25) is 9.89 Å². The Morgan fingerprint density at radius 2 is 2.06 bits per heavy atom. The number of fused-ring (bicyclic) bond motifs is 1. The molecule has 0 radical (unpaired) electrons. The van der Waals surface area contributed by atoms with Crippen LogP contribution in [0.2, 0.25) is 0 Å². The average Bonchev–Trinajstić information content (AvgIpc) is 3.43. The Balaban J connectivity index is 1.24. The van der Waals surface area contributed by atoms with Gasteiger partial charge in [-0.25, -0.2) is 9.97 Å². The summed E-state index contributed by atoms with van der Waals surface area (Å²) in [6.45, 7) is 4.29. The Hall–Kier alpha value is -3.72. The number of aromatic amines is 1. The van der Waals surface area contributed by atoms with Crippen molar-refractivity contribution in [3.8, 4) is 17.0 Å². The molecule has 0 spiro atoms. The van der Waals surface area contributed by atoms with Crippen molar-refractivity contribution in [3.63, 3.8) is 0 Å². The molecular weight excluding hydrogens is 430 g/mol. The lowest BCUT2D eigenvalue weighted by molar-refractivity contribution is 0.0886. The van der Waals surface area contributed by atoms with Gasteiger partial charge in [0.1, 0.15) is 11.9 Å². The van der Waals surface area contributed by atoms with Gasteiger partial charge in [-0.1, -0.05) is 12.1 Å². The summed E-state index contributed by atoms with van der Waals surface area (Å²) in [4.78, 5) is 22.0. The second kappa shape index (κ2) is 9.26. The van der Waals surface area contributed by atoms with E-state index in [9.17, 15) is 4.79 Å². The number of imidazole rings is 1. The first kappa shape index (κ1) is 22.1. The summed E-state index contributed by atoms with van der Waals surface area (Å²) in [5.41, 5.74) is 11.0. The quantitative estimate of drug-likeness (QED) is 0.406. The van der Waals surface area contributed by atoms with E-state index in [0.29, 0.717) is 18.1 Å². The van der Waals surface area contributed by atoms with Crippen LogP contribution in [0.25, 0.3) is 16.6 Å². The molecule has 9 heteroatoms. The zero-order valence-corrected chi connectivity index (χ0v) is 19.4. The maximum atomic E-state index is 13.1. The summed E-state index contributed by atoms with van der Waals surface area (Å²) in [6, 6.07) is 7.84. The van der Waals surface area contributed by atoms with Gasteiger partial charge in [0.05, 0.1) is 11.7 Å². The molecule has 34 heavy (non-hydrogen) atoms. The van der Waals surface area contributed by atoms with Crippen molar-refractivity contribution in [1.29, 1.82) is 0 Å². The van der Waals surface area contributed by atoms with E-state index in [-0.39, 0.29) is 18.1 Å². The van der Waals surface area contributed by atoms with Crippen LogP contribution in [0.1, 0.15) is 53.3 Å². The summed E-state index contributed by atoms with van der Waals surface area (Å²) in [5, 5.41) is 10.2. The predicted molar refractivity (Wildman–Crippen MR) is 129 cm³/mol. The van der Waals surface area contributed by atoms with E-state index < -0.39 is 0 Å². The first-order valence-electron chi connectivity index (χ1n) is 11.6. The van der Waals surface area contributed by atoms with Crippen molar-refractivity contribution < 1.29 is 9.53 Å². The Labute approximate surface area is 197 Å². The van der Waals surface area contributed by atoms with E-state index in [2.05, 4.69) is 25.5 Å². The number of rotatable bonds is 6. The highest BCUT2D eigenvalue weighted by Crippen LogP contribution is 2.26. The number of nitrogens with two attached hydrogens (primary N) is 1. The number of nitrogens with one attached hydrogen (secondary N) is 2. The largest absolute Gasteiger partial charge is 0.474 e. The lowest BCUT2D eigenvalue weighted by atomic mass is 9.93. The highest BCUT2D eigenvalue weighted by Gasteiger charge is 2.26. The molecule has 0 aliphatic heterocycles. The lowest BCUT2D eigenvalue weighted by Crippen LogP contribution is -2.40. The predicted octanol–water partition coefficient (Wildman–Crippen LogP) is 3.31. The Kier molecular flexibility index (Phi) is 6.02. The monoisotopic (exact) mass is 459 g/mol. The summed E-state index contributed by atoms with van der Waals surface area (Å²) >= 11 is 0. The molecule has 1 aliphatic carbocycles. The minimum absolute atomic E-state index is 0.0776. The molecule has 4 aromatic heterocycles. The van der Waals surface area contributed by atoms with Crippen molar-refractivity contribution in [2.75, 3.05) is 0 Å². The van der Waals surface area contributed by atoms with Crippen LogP contribution in [0.4, 0.5) is 0 Å². The molecule has 0 atom stereocenters. The molecule has 0 saturated heterocycles. The Morgan fingerprint density at radius 1 is 1.24 bits per heavy atom. The number of hydrogen-bond donors (Lipinski definition) is 3. The molecule has 4 N–H and O–H groups in total. The zero-order chi connectivity index (χ0) is 23.7. The van der Waals surface area contributed by atoms with Gasteiger partial charge < -0.3 is 20.2 Å². The Morgan fingerprint density at radius 3 is 2.79 bits per heavy atom. The standard InChI is InChI=1S/C25H29N7O2/c1-15-21(13-28-31-15)18-5-10-22-23(29-16(2)32(22)14-18)24(33)30-19-6-8-20(9-7-19)34-25-17(12-26)4-3-11-27-25/h3-5,10-11,13-14,19-20H,6-9,12,26H2,1-2H3,(H,28,31)(H,30,33). The van der Waals surface area contributed by atoms with Gasteiger partial charge in [-0.2, -0.15) is 5.10 Å². The number of pyridine rings is 2. The third-order valence-electron chi connectivity index (χ3n) is 6.53. The molecular formula is C25H29N7O2. The first-order valence-corrected chi connectivity index (χ1v) is 11.6. The van der Waals surface area contributed by atoms with Crippen molar-refractivity contribution in [1.82, 2.24) is 29.9 Å². The number of carbonyl (C=O) groups excluding carboxylic acids is 1. The zero-order valence-electron chi connectivity index (χ0n) is 19.4. The molecule has 4 aromatic rings. The first-order chi connectivity index (χ1) is 16.5. The van der Waals surface area contributed by atoms with Gasteiger partial charge in [0, 0.05) is 47.4 Å². The Bertz CT molecular complexity index is 1320. The van der Waals surface area contributed by atoms with Gasteiger partial charge in [-0.15, -0.1) is 0 Å². The summed E-state index contributed by atoms with van der Waals surface area (Å²) in [7, 11) is 0. The van der Waals surface area contributed by atoms with Crippen molar-refractivity contribution in [3.05, 3.63) is 65.6 Å². The third-order valence-corrected chi connectivity index (χ3v) is 6.53. The number of H-pyrrole nitrogens is 1. The molecule has 1 fully saturated rings. The highest BCUT2D eigenvalue weighted by molar-refractivity contribution is 5.99. The van der Waals surface area contributed by atoms with Gasteiger partial charge in [0.15, 0.2) is 5.69 Å². The normalized spacial score (nSPS) is 18.2. The summed E-state index contributed by atoms with van der Waals surface area (Å²) in [6.07, 6.45) is 8.99. The number of carbonyl (C=O) groups is 1.